The van der Waals surface area contributed by atoms with E-state index in [1.165, 1.54) is 0 Å². The second-order valence-corrected chi connectivity index (χ2v) is 5.14. The summed E-state index contributed by atoms with van der Waals surface area (Å²) in [5.41, 5.74) is 1.84. The lowest BCUT2D eigenvalue weighted by molar-refractivity contribution is 0.390. The van der Waals surface area contributed by atoms with Crippen molar-refractivity contribution >= 4 is 17.6 Å². The first-order valence-corrected chi connectivity index (χ1v) is 7.15. The molecule has 6 nitrogen and oxygen atoms in total. The number of hydrogen-bond acceptors (Lipinski definition) is 4. The smallest absolute Gasteiger partial charge is 0.194 e. The Balaban J connectivity index is 1.99. The van der Waals surface area contributed by atoms with Crippen LogP contribution in [0.3, 0.4) is 0 Å². The van der Waals surface area contributed by atoms with Crippen molar-refractivity contribution < 1.29 is 9.26 Å². The molecule has 0 aliphatic heterocycles. The van der Waals surface area contributed by atoms with Gasteiger partial charge in [-0.05, 0) is 12.1 Å². The zero-order valence-electron chi connectivity index (χ0n) is 12.8. The molecule has 0 amide bonds. The molecule has 1 heterocycles. The van der Waals surface area contributed by atoms with Crippen molar-refractivity contribution in [3.05, 3.63) is 46.8 Å². The molecular formula is C15H19ClN4O2. The Morgan fingerprint density at radius 2 is 2.27 bits per heavy atom. The van der Waals surface area contributed by atoms with Gasteiger partial charge in [0.15, 0.2) is 5.96 Å². The van der Waals surface area contributed by atoms with Crippen LogP contribution in [-0.4, -0.2) is 37.2 Å². The number of aliphatic imine (C=N–C) groups is 1. The number of rotatable bonds is 5. The minimum atomic E-state index is 0.580. The number of nitrogens with zero attached hydrogens (tertiary/aromatic N) is 3. The van der Waals surface area contributed by atoms with Gasteiger partial charge in [0.2, 0.25) is 0 Å². The Morgan fingerprint density at radius 1 is 1.45 bits per heavy atom. The molecule has 0 saturated carbocycles. The molecule has 1 aromatic carbocycles. The first-order valence-electron chi connectivity index (χ1n) is 6.77. The van der Waals surface area contributed by atoms with Crippen molar-refractivity contribution in [2.24, 2.45) is 4.99 Å². The SMILES string of the molecule is CN=C(NCc1ccc(Cl)cc1OC)N(C)Cc1ccon1. The normalized spacial score (nSPS) is 11.4. The fourth-order valence-electron chi connectivity index (χ4n) is 2.06. The maximum absolute atomic E-state index is 5.97. The predicted molar refractivity (Wildman–Crippen MR) is 86.2 cm³/mol. The van der Waals surface area contributed by atoms with Gasteiger partial charge in [-0.25, -0.2) is 0 Å². The van der Waals surface area contributed by atoms with Gasteiger partial charge in [-0.1, -0.05) is 22.8 Å². The Bertz CT molecular complexity index is 628. The quantitative estimate of drug-likeness (QED) is 0.677. The maximum Gasteiger partial charge on any atom is 0.194 e. The summed E-state index contributed by atoms with van der Waals surface area (Å²) in [5.74, 6) is 1.50. The molecule has 22 heavy (non-hydrogen) atoms. The lowest BCUT2D eigenvalue weighted by Gasteiger charge is -2.21. The lowest BCUT2D eigenvalue weighted by Crippen LogP contribution is -2.38. The fraction of sp³-hybridized carbons (Fsp3) is 0.333. The Labute approximate surface area is 134 Å². The van der Waals surface area contributed by atoms with Gasteiger partial charge in [0.05, 0.1) is 13.7 Å². The van der Waals surface area contributed by atoms with Gasteiger partial charge in [-0.3, -0.25) is 4.99 Å². The Hall–Kier alpha value is -2.21. The fourth-order valence-corrected chi connectivity index (χ4v) is 2.22. The monoisotopic (exact) mass is 322 g/mol. The van der Waals surface area contributed by atoms with Crippen molar-refractivity contribution in [1.29, 1.82) is 0 Å². The minimum Gasteiger partial charge on any atom is -0.496 e. The maximum atomic E-state index is 5.97. The van der Waals surface area contributed by atoms with E-state index < -0.39 is 0 Å². The van der Waals surface area contributed by atoms with E-state index in [0.717, 1.165) is 23.0 Å². The Kier molecular flexibility index (Phi) is 5.66. The summed E-state index contributed by atoms with van der Waals surface area (Å²) in [6, 6.07) is 7.38. The van der Waals surface area contributed by atoms with E-state index in [0.29, 0.717) is 18.1 Å². The molecule has 7 heteroatoms. The van der Waals surface area contributed by atoms with Crippen molar-refractivity contribution in [2.75, 3.05) is 21.2 Å². The third-order valence-corrected chi connectivity index (χ3v) is 3.38. The van der Waals surface area contributed by atoms with Crippen LogP contribution in [-0.2, 0) is 13.1 Å². The zero-order chi connectivity index (χ0) is 15.9. The highest BCUT2D eigenvalue weighted by Crippen LogP contribution is 2.22. The average Bonchev–Trinajstić information content (AvgIpc) is 3.01. The molecule has 2 rings (SSSR count). The number of nitrogens with one attached hydrogen (secondary N) is 1. The molecule has 0 saturated heterocycles. The van der Waals surface area contributed by atoms with Crippen LogP contribution in [0, 0.1) is 0 Å². The molecule has 0 fully saturated rings. The molecule has 0 bridgehead atoms. The van der Waals surface area contributed by atoms with Gasteiger partial charge < -0.3 is 19.5 Å². The summed E-state index contributed by atoms with van der Waals surface area (Å²) < 4.78 is 10.2. The predicted octanol–water partition coefficient (Wildman–Crippen LogP) is 2.54. The third kappa shape index (κ3) is 4.14. The van der Waals surface area contributed by atoms with Gasteiger partial charge in [-0.2, -0.15) is 0 Å². The van der Waals surface area contributed by atoms with E-state index in [4.69, 9.17) is 20.9 Å². The lowest BCUT2D eigenvalue weighted by atomic mass is 10.2. The third-order valence-electron chi connectivity index (χ3n) is 3.15. The van der Waals surface area contributed by atoms with Crippen LogP contribution in [0.5, 0.6) is 5.75 Å². The van der Waals surface area contributed by atoms with Gasteiger partial charge in [0, 0.05) is 37.3 Å². The summed E-state index contributed by atoms with van der Waals surface area (Å²) in [6.07, 6.45) is 1.55. The molecule has 0 aliphatic rings. The van der Waals surface area contributed by atoms with Crippen molar-refractivity contribution in [3.63, 3.8) is 0 Å². The van der Waals surface area contributed by atoms with Crippen LogP contribution >= 0.6 is 11.6 Å². The topological polar surface area (TPSA) is 62.9 Å². The van der Waals surface area contributed by atoms with Crippen molar-refractivity contribution in [2.45, 2.75) is 13.1 Å². The molecule has 0 spiro atoms. The number of guanidine groups is 1. The molecule has 0 atom stereocenters. The number of hydrogen-bond donors (Lipinski definition) is 1. The number of ether oxygens (including phenoxy) is 1. The molecule has 0 aliphatic carbocycles. The molecular weight excluding hydrogens is 304 g/mol. The van der Waals surface area contributed by atoms with E-state index in [2.05, 4.69) is 15.5 Å². The number of halogens is 1. The van der Waals surface area contributed by atoms with E-state index in [-0.39, 0.29) is 0 Å². The molecule has 0 radical (unpaired) electrons. The van der Waals surface area contributed by atoms with Gasteiger partial charge in [-0.15, -0.1) is 0 Å². The largest absolute Gasteiger partial charge is 0.496 e. The molecule has 2 aromatic rings. The number of benzene rings is 1. The Morgan fingerprint density at radius 3 is 2.91 bits per heavy atom. The first kappa shape index (κ1) is 16.2. The second kappa shape index (κ2) is 7.70. The highest BCUT2D eigenvalue weighted by atomic mass is 35.5. The van der Waals surface area contributed by atoms with E-state index in [9.17, 15) is 0 Å². The van der Waals surface area contributed by atoms with Crippen LogP contribution in [0.1, 0.15) is 11.3 Å². The van der Waals surface area contributed by atoms with Gasteiger partial charge in [0.25, 0.3) is 0 Å². The van der Waals surface area contributed by atoms with Crippen molar-refractivity contribution in [1.82, 2.24) is 15.4 Å². The summed E-state index contributed by atoms with van der Waals surface area (Å²) in [7, 11) is 5.30. The second-order valence-electron chi connectivity index (χ2n) is 4.70. The minimum absolute atomic E-state index is 0.580. The number of aromatic nitrogens is 1. The van der Waals surface area contributed by atoms with Gasteiger partial charge >= 0.3 is 0 Å². The van der Waals surface area contributed by atoms with Crippen LogP contribution in [0.25, 0.3) is 0 Å². The summed E-state index contributed by atoms with van der Waals surface area (Å²) in [4.78, 5) is 6.22. The molecule has 1 aromatic heterocycles. The zero-order valence-corrected chi connectivity index (χ0v) is 13.6. The standard InChI is InChI=1S/C15H19ClN4O2/c1-17-15(20(2)10-13-6-7-22-19-13)18-9-11-4-5-12(16)8-14(11)21-3/h4-8H,9-10H2,1-3H3,(H,17,18). The van der Waals surface area contributed by atoms with Crippen LogP contribution in [0.15, 0.2) is 40.0 Å². The summed E-state index contributed by atoms with van der Waals surface area (Å²) in [6.45, 7) is 1.18. The molecule has 0 unspecified atom stereocenters. The molecule has 1 N–H and O–H groups in total. The first-order chi connectivity index (χ1) is 10.6. The molecule has 118 valence electrons. The average molecular weight is 323 g/mol. The van der Waals surface area contributed by atoms with Crippen LogP contribution in [0.4, 0.5) is 0 Å². The summed E-state index contributed by atoms with van der Waals surface area (Å²) in [5, 5.41) is 7.83. The van der Waals surface area contributed by atoms with Crippen LogP contribution in [0.2, 0.25) is 5.02 Å². The van der Waals surface area contributed by atoms with E-state index >= 15 is 0 Å². The number of methoxy groups -OCH3 is 1. The van der Waals surface area contributed by atoms with Crippen molar-refractivity contribution in [3.8, 4) is 5.75 Å². The summed E-state index contributed by atoms with van der Waals surface area (Å²) >= 11 is 5.97. The van der Waals surface area contributed by atoms with E-state index in [1.807, 2.05) is 30.1 Å². The van der Waals surface area contributed by atoms with Crippen LogP contribution < -0.4 is 10.1 Å². The van der Waals surface area contributed by atoms with E-state index in [1.54, 1.807) is 26.5 Å². The van der Waals surface area contributed by atoms with Gasteiger partial charge in [0.1, 0.15) is 17.7 Å². The highest BCUT2D eigenvalue weighted by molar-refractivity contribution is 6.30. The highest BCUT2D eigenvalue weighted by Gasteiger charge is 2.10.